The second-order valence-corrected chi connectivity index (χ2v) is 4.98. The lowest BCUT2D eigenvalue weighted by Gasteiger charge is -2.12. The number of nitrogens with one attached hydrogen (secondary N) is 1. The predicted molar refractivity (Wildman–Crippen MR) is 84.5 cm³/mol. The van der Waals surface area contributed by atoms with Gasteiger partial charge in [0.05, 0.1) is 0 Å². The van der Waals surface area contributed by atoms with Gasteiger partial charge in [-0.25, -0.2) is 4.39 Å². The lowest BCUT2D eigenvalue weighted by molar-refractivity contribution is 0.626. The molecule has 21 heavy (non-hydrogen) atoms. The van der Waals surface area contributed by atoms with Gasteiger partial charge in [0.15, 0.2) is 0 Å². The Balaban J connectivity index is 2.19. The summed E-state index contributed by atoms with van der Waals surface area (Å²) >= 11 is 0. The molecule has 0 radical (unpaired) electrons. The van der Waals surface area contributed by atoms with Crippen molar-refractivity contribution in [2.24, 2.45) is 0 Å². The minimum Gasteiger partial charge on any atom is -0.313 e. The first kappa shape index (κ1) is 13.7. The molecule has 0 unspecified atom stereocenters. The maximum Gasteiger partial charge on any atom is 0.123 e. The molecule has 0 bridgehead atoms. The molecule has 3 aromatic rings. The molecule has 0 aliphatic carbocycles. The van der Waals surface area contributed by atoms with E-state index in [1.165, 1.54) is 6.07 Å². The van der Waals surface area contributed by atoms with Crippen LogP contribution in [0.25, 0.3) is 21.9 Å². The van der Waals surface area contributed by atoms with Crippen molar-refractivity contribution in [3.8, 4) is 11.1 Å². The summed E-state index contributed by atoms with van der Waals surface area (Å²) in [4.78, 5) is 4.20. The van der Waals surface area contributed by atoms with Gasteiger partial charge in [-0.3, -0.25) is 4.98 Å². The van der Waals surface area contributed by atoms with E-state index in [9.17, 15) is 4.39 Å². The van der Waals surface area contributed by atoms with Crippen molar-refractivity contribution in [2.75, 3.05) is 6.54 Å². The van der Waals surface area contributed by atoms with Gasteiger partial charge < -0.3 is 5.32 Å². The van der Waals surface area contributed by atoms with E-state index in [0.29, 0.717) is 0 Å². The zero-order valence-corrected chi connectivity index (χ0v) is 11.9. The summed E-state index contributed by atoms with van der Waals surface area (Å²) in [5.41, 5.74) is 3.04. The van der Waals surface area contributed by atoms with Crippen molar-refractivity contribution in [1.82, 2.24) is 10.3 Å². The molecule has 0 aliphatic rings. The molecule has 3 heteroatoms. The van der Waals surface area contributed by atoms with Crippen LogP contribution in [0.3, 0.4) is 0 Å². The van der Waals surface area contributed by atoms with E-state index >= 15 is 0 Å². The Morgan fingerprint density at radius 1 is 1.10 bits per heavy atom. The molecular weight excluding hydrogens is 263 g/mol. The normalized spacial score (nSPS) is 11.0. The van der Waals surface area contributed by atoms with Crippen LogP contribution in [0.5, 0.6) is 0 Å². The molecule has 1 heterocycles. The minimum absolute atomic E-state index is 0.217. The Morgan fingerprint density at radius 2 is 2.00 bits per heavy atom. The number of aromatic nitrogens is 1. The van der Waals surface area contributed by atoms with Crippen LogP contribution in [0.1, 0.15) is 12.5 Å². The van der Waals surface area contributed by atoms with Crippen LogP contribution >= 0.6 is 0 Å². The van der Waals surface area contributed by atoms with Gasteiger partial charge in [-0.15, -0.1) is 0 Å². The topological polar surface area (TPSA) is 24.9 Å². The van der Waals surface area contributed by atoms with Crippen LogP contribution in [-0.2, 0) is 6.54 Å². The number of halogens is 1. The molecule has 0 fully saturated rings. The third-order valence-corrected chi connectivity index (χ3v) is 3.61. The van der Waals surface area contributed by atoms with Crippen LogP contribution < -0.4 is 5.32 Å². The summed E-state index contributed by atoms with van der Waals surface area (Å²) in [6.45, 7) is 3.67. The molecule has 0 saturated heterocycles. The molecule has 2 nitrogen and oxygen atoms in total. The van der Waals surface area contributed by atoms with E-state index in [2.05, 4.69) is 17.2 Å². The number of pyridine rings is 1. The Bertz CT molecular complexity index is 763. The van der Waals surface area contributed by atoms with Crippen molar-refractivity contribution in [2.45, 2.75) is 13.5 Å². The first-order chi connectivity index (χ1) is 10.3. The second-order valence-electron chi connectivity index (χ2n) is 4.98. The molecule has 1 N–H and O–H groups in total. The third kappa shape index (κ3) is 2.78. The molecule has 0 aliphatic heterocycles. The first-order valence-electron chi connectivity index (χ1n) is 7.12. The highest BCUT2D eigenvalue weighted by molar-refractivity contribution is 5.96. The van der Waals surface area contributed by atoms with Crippen LogP contribution in [-0.4, -0.2) is 11.5 Å². The first-order valence-corrected chi connectivity index (χ1v) is 7.12. The van der Waals surface area contributed by atoms with E-state index in [1.807, 2.05) is 36.5 Å². The quantitative estimate of drug-likeness (QED) is 0.776. The second kappa shape index (κ2) is 6.02. The molecule has 3 rings (SSSR count). The van der Waals surface area contributed by atoms with Crippen molar-refractivity contribution in [3.05, 3.63) is 66.2 Å². The lowest BCUT2D eigenvalue weighted by atomic mass is 9.95. The van der Waals surface area contributed by atoms with Gasteiger partial charge in [-0.1, -0.05) is 31.2 Å². The van der Waals surface area contributed by atoms with E-state index in [0.717, 1.165) is 40.6 Å². The van der Waals surface area contributed by atoms with Gasteiger partial charge in [-0.05, 0) is 46.8 Å². The number of nitrogens with zero attached hydrogens (tertiary/aromatic N) is 1. The highest BCUT2D eigenvalue weighted by Crippen LogP contribution is 2.31. The van der Waals surface area contributed by atoms with Crippen LogP contribution in [0, 0.1) is 5.82 Å². The van der Waals surface area contributed by atoms with E-state index in [4.69, 9.17) is 0 Å². The smallest absolute Gasteiger partial charge is 0.123 e. The molecule has 106 valence electrons. The lowest BCUT2D eigenvalue weighted by Crippen LogP contribution is -2.12. The summed E-state index contributed by atoms with van der Waals surface area (Å²) in [5.74, 6) is -0.217. The van der Waals surface area contributed by atoms with Gasteiger partial charge in [-0.2, -0.15) is 0 Å². The standard InChI is InChI=1S/C18H17FN2/c1-2-20-11-14-6-7-15(19)10-17(14)16-5-3-4-13-8-9-21-12-18(13)16/h3-10,12,20H,2,11H2,1H3. The Morgan fingerprint density at radius 3 is 2.86 bits per heavy atom. The Labute approximate surface area is 123 Å². The van der Waals surface area contributed by atoms with Crippen molar-refractivity contribution < 1.29 is 4.39 Å². The van der Waals surface area contributed by atoms with Crippen LogP contribution in [0.15, 0.2) is 54.9 Å². The maximum absolute atomic E-state index is 13.7. The number of rotatable bonds is 4. The van der Waals surface area contributed by atoms with Crippen LogP contribution in [0.2, 0.25) is 0 Å². The fourth-order valence-electron chi connectivity index (χ4n) is 2.56. The fraction of sp³-hybridized carbons (Fsp3) is 0.167. The molecule has 0 saturated carbocycles. The van der Waals surface area contributed by atoms with E-state index < -0.39 is 0 Å². The number of hydrogen-bond acceptors (Lipinski definition) is 2. The average Bonchev–Trinajstić information content (AvgIpc) is 2.53. The van der Waals surface area contributed by atoms with E-state index in [1.54, 1.807) is 12.3 Å². The molecule has 0 atom stereocenters. The SMILES string of the molecule is CCNCc1ccc(F)cc1-c1cccc2ccncc12. The van der Waals surface area contributed by atoms with Crippen molar-refractivity contribution >= 4 is 10.8 Å². The van der Waals surface area contributed by atoms with Gasteiger partial charge in [0.25, 0.3) is 0 Å². The number of benzene rings is 2. The van der Waals surface area contributed by atoms with Crippen molar-refractivity contribution in [3.63, 3.8) is 0 Å². The fourth-order valence-corrected chi connectivity index (χ4v) is 2.56. The summed E-state index contributed by atoms with van der Waals surface area (Å²) in [5, 5.41) is 5.46. The highest BCUT2D eigenvalue weighted by atomic mass is 19.1. The molecule has 1 aromatic heterocycles. The summed E-state index contributed by atoms with van der Waals surface area (Å²) in [6.07, 6.45) is 3.61. The number of hydrogen-bond donors (Lipinski definition) is 1. The molecule has 2 aromatic carbocycles. The predicted octanol–water partition coefficient (Wildman–Crippen LogP) is 4.15. The summed E-state index contributed by atoms with van der Waals surface area (Å²) in [6, 6.07) is 13.0. The monoisotopic (exact) mass is 280 g/mol. The average molecular weight is 280 g/mol. The number of fused-ring (bicyclic) bond motifs is 1. The van der Waals surface area contributed by atoms with Gasteiger partial charge in [0.2, 0.25) is 0 Å². The Kier molecular flexibility index (Phi) is 3.93. The molecular formula is C18H17FN2. The van der Waals surface area contributed by atoms with Gasteiger partial charge in [0, 0.05) is 24.3 Å². The van der Waals surface area contributed by atoms with Crippen LogP contribution in [0.4, 0.5) is 4.39 Å². The molecule has 0 spiro atoms. The summed E-state index contributed by atoms with van der Waals surface area (Å²) in [7, 11) is 0. The van der Waals surface area contributed by atoms with Gasteiger partial charge in [0.1, 0.15) is 5.82 Å². The maximum atomic E-state index is 13.7. The zero-order chi connectivity index (χ0) is 14.7. The third-order valence-electron chi connectivity index (χ3n) is 3.61. The zero-order valence-electron chi connectivity index (χ0n) is 11.9. The van der Waals surface area contributed by atoms with Gasteiger partial charge >= 0.3 is 0 Å². The summed E-state index contributed by atoms with van der Waals surface area (Å²) < 4.78 is 13.7. The Hall–Kier alpha value is -2.26. The van der Waals surface area contributed by atoms with E-state index in [-0.39, 0.29) is 5.82 Å². The highest BCUT2D eigenvalue weighted by Gasteiger charge is 2.09. The molecule has 0 amide bonds. The van der Waals surface area contributed by atoms with Crippen molar-refractivity contribution in [1.29, 1.82) is 0 Å². The largest absolute Gasteiger partial charge is 0.313 e. The minimum atomic E-state index is -0.217.